The van der Waals surface area contributed by atoms with Crippen LogP contribution in [0.4, 0.5) is 8.78 Å². The lowest BCUT2D eigenvalue weighted by atomic mass is 9.90. The van der Waals surface area contributed by atoms with Crippen LogP contribution < -0.4 is 0 Å². The van der Waals surface area contributed by atoms with Gasteiger partial charge in [0.25, 0.3) is 0 Å². The third kappa shape index (κ3) is 9.79. The number of halogens is 2. The summed E-state index contributed by atoms with van der Waals surface area (Å²) >= 11 is 0. The van der Waals surface area contributed by atoms with E-state index < -0.39 is 0 Å². The van der Waals surface area contributed by atoms with E-state index in [1.807, 2.05) is 24.3 Å². The molecule has 6 heterocycles. The van der Waals surface area contributed by atoms with E-state index in [0.717, 1.165) is 33.4 Å². The van der Waals surface area contributed by atoms with Crippen molar-refractivity contribution in [3.8, 4) is 56.1 Å². The monoisotopic (exact) mass is 1590 g/mol. The molecule has 6 aromatic heterocycles. The fraction of sp³-hybridized carbons (Fsp3) is 0.0690. The SMILES string of the molecule is CC(C)(C)n1c2cccc3ccc4c(-c5ccc6c7c5ccc5cccc(c57)n6C(C)(C)C)ccc1c4c32.Fc1ccc(-n2c3cccc4ccc5c(-c6ccc7c8c6ccc6cccc(c68)n7-c6ccc(F)cc6)ccc2c5c43)cc1.c1ccc(-n2c3cccc4ccc5c(-c6ccc7c8c6ccc6cccc(c68)n7-c6ccccc6)ccc2c5c43)cc1. The van der Waals surface area contributed by atoms with Crippen molar-refractivity contribution >= 4 is 195 Å². The van der Waals surface area contributed by atoms with Crippen LogP contribution >= 0.6 is 0 Å². The van der Waals surface area contributed by atoms with Crippen molar-refractivity contribution in [3.63, 3.8) is 0 Å². The average molecular weight is 1590 g/mol. The lowest BCUT2D eigenvalue weighted by Gasteiger charge is -2.24. The van der Waals surface area contributed by atoms with Crippen molar-refractivity contribution in [1.29, 1.82) is 0 Å². The molecule has 0 unspecified atom stereocenters. The molecule has 0 saturated heterocycles. The fourth-order valence-electron chi connectivity index (χ4n) is 22.4. The Balaban J connectivity index is 0.0000000998. The zero-order chi connectivity index (χ0) is 82.6. The molecule has 28 rings (SSSR count). The van der Waals surface area contributed by atoms with Gasteiger partial charge in [0.1, 0.15) is 11.6 Å². The number of hydrogen-bond acceptors (Lipinski definition) is 0. The summed E-state index contributed by atoms with van der Waals surface area (Å²) in [7, 11) is 0. The number of rotatable bonds is 7. The lowest BCUT2D eigenvalue weighted by molar-refractivity contribution is 0.423. The smallest absolute Gasteiger partial charge is 0.123 e. The molecule has 0 radical (unpaired) electrons. The van der Waals surface area contributed by atoms with Gasteiger partial charge in [-0.05, 0) is 285 Å². The molecule has 28 aromatic rings. The van der Waals surface area contributed by atoms with E-state index in [2.05, 4.69) is 384 Å². The van der Waals surface area contributed by atoms with Gasteiger partial charge in [-0.15, -0.1) is 0 Å². The Labute approximate surface area is 711 Å². The predicted octanol–water partition coefficient (Wildman–Crippen LogP) is 32.0. The van der Waals surface area contributed by atoms with Gasteiger partial charge in [0.15, 0.2) is 0 Å². The van der Waals surface area contributed by atoms with Crippen LogP contribution in [0.3, 0.4) is 0 Å². The third-order valence-electron chi connectivity index (χ3n) is 27.2. The molecule has 22 aromatic carbocycles. The second-order valence-corrected chi connectivity index (χ2v) is 36.0. The van der Waals surface area contributed by atoms with Crippen molar-refractivity contribution in [2.45, 2.75) is 52.6 Å². The second-order valence-electron chi connectivity index (χ2n) is 36.0. The van der Waals surface area contributed by atoms with Crippen LogP contribution in [0.25, 0.3) is 252 Å². The van der Waals surface area contributed by atoms with Gasteiger partial charge in [0.05, 0.1) is 66.2 Å². The highest BCUT2D eigenvalue weighted by atomic mass is 19.1. The Morgan fingerprint density at radius 3 is 0.597 bits per heavy atom. The normalized spacial score (nSPS) is 12.7. The van der Waals surface area contributed by atoms with Crippen LogP contribution in [-0.2, 0) is 11.1 Å². The number of para-hydroxylation sites is 2. The maximum Gasteiger partial charge on any atom is 0.123 e. The molecule has 8 heteroatoms. The summed E-state index contributed by atoms with van der Waals surface area (Å²) in [6.07, 6.45) is 0. The topological polar surface area (TPSA) is 29.6 Å². The number of benzene rings is 22. The van der Waals surface area contributed by atoms with E-state index >= 15 is 0 Å². The highest BCUT2D eigenvalue weighted by molar-refractivity contribution is 6.35. The summed E-state index contributed by atoms with van der Waals surface area (Å²) < 4.78 is 42.1. The summed E-state index contributed by atoms with van der Waals surface area (Å²) in [6, 6.07) is 130. The molecule has 0 bridgehead atoms. The maximum atomic E-state index is 13.9. The highest BCUT2D eigenvalue weighted by Crippen LogP contribution is 2.53. The van der Waals surface area contributed by atoms with E-state index in [1.54, 1.807) is 0 Å². The standard InChI is InChI=1S/C40H22F2N2.C40H24N2.C36H32N2/c41-25-9-13-27(14-10-25)43-33-5-1-3-23-7-17-31-29(19-21-35(43)39(31)37(23)33)30-20-22-36-40-32(30)18-8-24-4-2-6-34(38(24)40)44(36)28-15-11-26(42)12-16-28;1-3-11-27(12-4-1)41-33-15-7-9-25-17-19-31-29(21-23-35(41)39(31)37(25)33)30-22-24-36-40-32(30)20-18-26-10-8-16-34(38(26)40)42(36)28-13-5-2-6-14-28;1-35(2,3)37-27-11-7-9-21-13-15-25-23(17-19-29(37)33(25)31(21)27)24-18-20-30-34-26(24)16-14-22-10-8-12-28(32(22)34)38(30)36(4,5)6/h1-22H;1-24H;7-20H,1-6H3. The third-order valence-corrected chi connectivity index (χ3v) is 27.2. The van der Waals surface area contributed by atoms with Crippen molar-refractivity contribution in [2.24, 2.45) is 0 Å². The quantitative estimate of drug-likeness (QED) is 0.142. The largest absolute Gasteiger partial charge is 0.335 e. The van der Waals surface area contributed by atoms with Crippen molar-refractivity contribution in [3.05, 3.63) is 376 Å². The maximum absolute atomic E-state index is 13.9. The minimum Gasteiger partial charge on any atom is -0.335 e. The molecule has 0 atom stereocenters. The number of nitrogens with zero attached hydrogens (tertiary/aromatic N) is 6. The fourth-order valence-corrected chi connectivity index (χ4v) is 22.4. The lowest BCUT2D eigenvalue weighted by Crippen LogP contribution is -2.21. The second kappa shape index (κ2) is 25.6. The first-order chi connectivity index (χ1) is 60.7. The Hall–Kier alpha value is -15.4. The van der Waals surface area contributed by atoms with E-state index in [4.69, 9.17) is 0 Å². The summed E-state index contributed by atoms with van der Waals surface area (Å²) in [4.78, 5) is 0. The van der Waals surface area contributed by atoms with Crippen LogP contribution in [0.1, 0.15) is 41.5 Å². The zero-order valence-electron chi connectivity index (χ0n) is 69.1. The molecule has 0 aliphatic rings. The van der Waals surface area contributed by atoms with Crippen LogP contribution in [-0.4, -0.2) is 27.4 Å². The van der Waals surface area contributed by atoms with Crippen molar-refractivity contribution in [2.75, 3.05) is 0 Å². The summed E-state index contributed by atoms with van der Waals surface area (Å²) in [5.74, 6) is -0.490. The Bertz CT molecular complexity index is 8660. The average Bonchev–Trinajstić information content (AvgIpc) is 1.54. The molecule has 0 spiro atoms. The molecule has 0 amide bonds. The van der Waals surface area contributed by atoms with Gasteiger partial charge in [-0.3, -0.25) is 0 Å². The van der Waals surface area contributed by atoms with E-state index in [0.29, 0.717) is 0 Å². The molecule has 0 aliphatic carbocycles. The van der Waals surface area contributed by atoms with Gasteiger partial charge >= 0.3 is 0 Å². The van der Waals surface area contributed by atoms with Gasteiger partial charge in [0.2, 0.25) is 0 Å². The molecule has 0 fully saturated rings. The number of hydrogen-bond donors (Lipinski definition) is 0. The first kappa shape index (κ1) is 70.5. The number of aromatic nitrogens is 6. The van der Waals surface area contributed by atoms with Gasteiger partial charge < -0.3 is 27.4 Å². The summed E-state index contributed by atoms with van der Waals surface area (Å²) in [5, 5.41) is 30.9. The molecule has 6 nitrogen and oxygen atoms in total. The van der Waals surface area contributed by atoms with Gasteiger partial charge in [-0.1, -0.05) is 218 Å². The molecule has 0 N–H and O–H groups in total. The summed E-state index contributed by atoms with van der Waals surface area (Å²) in [5.41, 5.74) is 26.5. The minimum absolute atomic E-state index is 0.0133. The van der Waals surface area contributed by atoms with Crippen LogP contribution in [0.5, 0.6) is 0 Å². The van der Waals surface area contributed by atoms with Crippen molar-refractivity contribution < 1.29 is 8.78 Å². The first-order valence-corrected chi connectivity index (χ1v) is 43.0. The molecule has 586 valence electrons. The van der Waals surface area contributed by atoms with Crippen LogP contribution in [0.2, 0.25) is 0 Å². The van der Waals surface area contributed by atoms with E-state index in [9.17, 15) is 8.78 Å². The molecule has 0 aliphatic heterocycles. The van der Waals surface area contributed by atoms with Gasteiger partial charge in [-0.25, -0.2) is 8.78 Å². The predicted molar refractivity (Wildman–Crippen MR) is 521 cm³/mol. The molecule has 0 saturated carbocycles. The Morgan fingerprint density at radius 2 is 0.355 bits per heavy atom. The molecule has 124 heavy (non-hydrogen) atoms. The Kier molecular flexibility index (Phi) is 14.5. The van der Waals surface area contributed by atoms with Gasteiger partial charge in [0, 0.05) is 98.5 Å². The zero-order valence-corrected chi connectivity index (χ0v) is 69.1. The molecular formula is C116H78F2N6. The minimum atomic E-state index is -0.245. The highest BCUT2D eigenvalue weighted by Gasteiger charge is 2.31. The summed E-state index contributed by atoms with van der Waals surface area (Å²) in [6.45, 7) is 13.9. The van der Waals surface area contributed by atoms with E-state index in [-0.39, 0.29) is 22.7 Å². The molecular weight excluding hydrogens is 1520 g/mol. The Morgan fingerprint density at radius 1 is 0.161 bits per heavy atom. The van der Waals surface area contributed by atoms with E-state index in [1.165, 1.54) is 242 Å². The first-order valence-electron chi connectivity index (χ1n) is 43.0. The van der Waals surface area contributed by atoms with Crippen LogP contribution in [0, 0.1) is 11.6 Å². The van der Waals surface area contributed by atoms with Crippen molar-refractivity contribution in [1.82, 2.24) is 27.4 Å². The van der Waals surface area contributed by atoms with Crippen LogP contribution in [0.15, 0.2) is 364 Å². The van der Waals surface area contributed by atoms with Gasteiger partial charge in [-0.2, -0.15) is 0 Å².